The molecular formula is C11H9BrFN3O4S. The Kier molecular flexibility index (Phi) is 4.01. The van der Waals surface area contributed by atoms with Gasteiger partial charge in [0.05, 0.1) is 11.8 Å². The maximum Gasteiger partial charge on any atom is 0.338 e. The van der Waals surface area contributed by atoms with E-state index in [1.807, 2.05) is 0 Å². The summed E-state index contributed by atoms with van der Waals surface area (Å²) in [5, 5.41) is 14.9. The first-order valence-electron chi connectivity index (χ1n) is 5.47. The molecule has 0 atom stereocenters. The second kappa shape index (κ2) is 5.45. The van der Waals surface area contributed by atoms with Gasteiger partial charge in [0.25, 0.3) is 10.0 Å². The van der Waals surface area contributed by atoms with Gasteiger partial charge in [-0.05, 0) is 19.1 Å². The van der Waals surface area contributed by atoms with Crippen LogP contribution >= 0.6 is 15.9 Å². The van der Waals surface area contributed by atoms with Gasteiger partial charge in [0.1, 0.15) is 10.7 Å². The van der Waals surface area contributed by atoms with Crippen molar-refractivity contribution in [1.29, 1.82) is 0 Å². The number of aromatic carboxylic acids is 1. The zero-order chi connectivity index (χ0) is 15.8. The summed E-state index contributed by atoms with van der Waals surface area (Å²) in [5.74, 6) is -2.83. The number of rotatable bonds is 4. The average Bonchev–Trinajstić information content (AvgIpc) is 2.76. The molecule has 1 aromatic carbocycles. The molecule has 10 heteroatoms. The van der Waals surface area contributed by atoms with E-state index >= 15 is 0 Å². The second-order valence-electron chi connectivity index (χ2n) is 4.10. The molecule has 2 rings (SSSR count). The highest BCUT2D eigenvalue weighted by Gasteiger charge is 2.26. The SMILES string of the molecule is Cc1cn[nH]c1NS(=O)(=O)c1cc(Br)cc(C(=O)O)c1F. The molecule has 0 amide bonds. The number of hydrogen-bond acceptors (Lipinski definition) is 4. The van der Waals surface area contributed by atoms with Gasteiger partial charge in [0.15, 0.2) is 5.82 Å². The van der Waals surface area contributed by atoms with Gasteiger partial charge in [0, 0.05) is 10.0 Å². The molecule has 0 aliphatic heterocycles. The number of nitrogens with zero attached hydrogens (tertiary/aromatic N) is 1. The van der Waals surface area contributed by atoms with Crippen molar-refractivity contribution in [2.45, 2.75) is 11.8 Å². The summed E-state index contributed by atoms with van der Waals surface area (Å²) in [5.41, 5.74) is -0.237. The number of sulfonamides is 1. The molecule has 2 aromatic rings. The molecule has 7 nitrogen and oxygen atoms in total. The van der Waals surface area contributed by atoms with Crippen molar-refractivity contribution in [1.82, 2.24) is 10.2 Å². The van der Waals surface area contributed by atoms with Gasteiger partial charge in [-0.1, -0.05) is 15.9 Å². The monoisotopic (exact) mass is 377 g/mol. The van der Waals surface area contributed by atoms with Crippen molar-refractivity contribution in [2.24, 2.45) is 0 Å². The van der Waals surface area contributed by atoms with Crippen LogP contribution in [0.2, 0.25) is 0 Å². The minimum Gasteiger partial charge on any atom is -0.478 e. The van der Waals surface area contributed by atoms with Gasteiger partial charge in [-0.2, -0.15) is 5.10 Å². The van der Waals surface area contributed by atoms with Crippen LogP contribution in [0.3, 0.4) is 0 Å². The van der Waals surface area contributed by atoms with Crippen LogP contribution in [0, 0.1) is 12.7 Å². The van der Waals surface area contributed by atoms with Gasteiger partial charge < -0.3 is 5.11 Å². The maximum atomic E-state index is 14.1. The minimum atomic E-state index is -4.30. The quantitative estimate of drug-likeness (QED) is 0.755. The van der Waals surface area contributed by atoms with E-state index in [2.05, 4.69) is 30.8 Å². The molecular weight excluding hydrogens is 369 g/mol. The lowest BCUT2D eigenvalue weighted by Crippen LogP contribution is -2.17. The molecule has 1 heterocycles. The summed E-state index contributed by atoms with van der Waals surface area (Å²) in [6, 6.07) is 1.97. The topological polar surface area (TPSA) is 112 Å². The predicted molar refractivity (Wildman–Crippen MR) is 75.2 cm³/mol. The van der Waals surface area contributed by atoms with Crippen molar-refractivity contribution in [3.05, 3.63) is 39.7 Å². The first kappa shape index (κ1) is 15.4. The first-order chi connectivity index (χ1) is 9.72. The lowest BCUT2D eigenvalue weighted by molar-refractivity contribution is 0.0691. The Morgan fingerprint density at radius 3 is 2.67 bits per heavy atom. The zero-order valence-corrected chi connectivity index (χ0v) is 12.9. The maximum absolute atomic E-state index is 14.1. The highest BCUT2D eigenvalue weighted by atomic mass is 79.9. The summed E-state index contributed by atoms with van der Waals surface area (Å²) in [4.78, 5) is 10.2. The largest absolute Gasteiger partial charge is 0.478 e. The van der Waals surface area contributed by atoms with Crippen LogP contribution in [-0.2, 0) is 10.0 Å². The Morgan fingerprint density at radius 2 is 2.14 bits per heavy atom. The number of carboxylic acid groups (broad SMARTS) is 1. The molecule has 1 aromatic heterocycles. The van der Waals surface area contributed by atoms with Crippen molar-refractivity contribution in [3.8, 4) is 0 Å². The molecule has 0 aliphatic rings. The highest BCUT2D eigenvalue weighted by Crippen LogP contribution is 2.26. The molecule has 0 bridgehead atoms. The van der Waals surface area contributed by atoms with E-state index in [4.69, 9.17) is 5.11 Å². The molecule has 0 unspecified atom stereocenters. The van der Waals surface area contributed by atoms with Crippen LogP contribution in [0.1, 0.15) is 15.9 Å². The summed E-state index contributed by atoms with van der Waals surface area (Å²) in [6.07, 6.45) is 1.39. The number of aryl methyl sites for hydroxylation is 1. The zero-order valence-electron chi connectivity index (χ0n) is 10.5. The number of aromatic amines is 1. The van der Waals surface area contributed by atoms with E-state index in [1.165, 1.54) is 6.20 Å². The summed E-state index contributed by atoms with van der Waals surface area (Å²) >= 11 is 2.96. The fraction of sp³-hybridized carbons (Fsp3) is 0.0909. The summed E-state index contributed by atoms with van der Waals surface area (Å²) in [6.45, 7) is 1.60. The van der Waals surface area contributed by atoms with Crippen LogP contribution in [-0.4, -0.2) is 29.7 Å². The molecule has 0 saturated heterocycles. The van der Waals surface area contributed by atoms with E-state index in [0.717, 1.165) is 12.1 Å². The smallest absolute Gasteiger partial charge is 0.338 e. The van der Waals surface area contributed by atoms with Crippen molar-refractivity contribution in [2.75, 3.05) is 4.72 Å². The Bertz CT molecular complexity index is 819. The average molecular weight is 378 g/mol. The highest BCUT2D eigenvalue weighted by molar-refractivity contribution is 9.10. The number of benzene rings is 1. The van der Waals surface area contributed by atoms with Crippen molar-refractivity contribution < 1.29 is 22.7 Å². The van der Waals surface area contributed by atoms with Gasteiger partial charge in [-0.3, -0.25) is 9.82 Å². The minimum absolute atomic E-state index is 0.0752. The molecule has 112 valence electrons. The number of halogens is 2. The molecule has 0 fully saturated rings. The van der Waals surface area contributed by atoms with Crippen LogP contribution in [0.4, 0.5) is 10.2 Å². The van der Waals surface area contributed by atoms with Crippen LogP contribution in [0.15, 0.2) is 27.7 Å². The Hall–Kier alpha value is -1.94. The molecule has 0 saturated carbocycles. The van der Waals surface area contributed by atoms with E-state index in [-0.39, 0.29) is 10.3 Å². The Labute approximate surface area is 127 Å². The second-order valence-corrected chi connectivity index (χ2v) is 6.67. The van der Waals surface area contributed by atoms with E-state index in [1.54, 1.807) is 6.92 Å². The third kappa shape index (κ3) is 3.05. The number of H-pyrrole nitrogens is 1. The lowest BCUT2D eigenvalue weighted by atomic mass is 10.2. The van der Waals surface area contributed by atoms with Crippen LogP contribution in [0.5, 0.6) is 0 Å². The predicted octanol–water partition coefficient (Wildman–Crippen LogP) is 2.12. The number of hydrogen-bond donors (Lipinski definition) is 3. The fourth-order valence-electron chi connectivity index (χ4n) is 1.55. The molecule has 0 spiro atoms. The standard InChI is InChI=1S/C11H9BrFN3O4S/c1-5-4-14-15-10(5)16-21(19,20)8-3-6(12)2-7(9(8)13)11(17)18/h2-4H,1H3,(H,17,18)(H2,14,15,16). The van der Waals surface area contributed by atoms with Gasteiger partial charge >= 0.3 is 5.97 Å². The number of nitrogens with one attached hydrogen (secondary N) is 2. The molecule has 0 aliphatic carbocycles. The van der Waals surface area contributed by atoms with Crippen molar-refractivity contribution in [3.63, 3.8) is 0 Å². The number of anilines is 1. The fourth-order valence-corrected chi connectivity index (χ4v) is 3.38. The third-order valence-corrected chi connectivity index (χ3v) is 4.40. The number of aromatic nitrogens is 2. The lowest BCUT2D eigenvalue weighted by Gasteiger charge is -2.10. The van der Waals surface area contributed by atoms with Gasteiger partial charge in [0.2, 0.25) is 0 Å². The van der Waals surface area contributed by atoms with Crippen LogP contribution < -0.4 is 4.72 Å². The molecule has 0 radical (unpaired) electrons. The van der Waals surface area contributed by atoms with E-state index in [0.29, 0.717) is 5.56 Å². The van der Waals surface area contributed by atoms with Gasteiger partial charge in [-0.15, -0.1) is 0 Å². The van der Waals surface area contributed by atoms with Crippen molar-refractivity contribution >= 4 is 37.7 Å². The Morgan fingerprint density at radius 1 is 1.48 bits per heavy atom. The van der Waals surface area contributed by atoms with E-state index in [9.17, 15) is 17.6 Å². The Balaban J connectivity index is 2.55. The number of carboxylic acids is 1. The molecule has 3 N–H and O–H groups in total. The normalized spacial score (nSPS) is 11.4. The summed E-state index contributed by atoms with van der Waals surface area (Å²) in [7, 11) is -4.30. The first-order valence-corrected chi connectivity index (χ1v) is 7.75. The summed E-state index contributed by atoms with van der Waals surface area (Å²) < 4.78 is 40.7. The van der Waals surface area contributed by atoms with E-state index < -0.39 is 32.3 Å². The molecule has 21 heavy (non-hydrogen) atoms. The number of carbonyl (C=O) groups is 1. The third-order valence-electron chi connectivity index (χ3n) is 2.59. The van der Waals surface area contributed by atoms with Crippen LogP contribution in [0.25, 0.3) is 0 Å². The van der Waals surface area contributed by atoms with Gasteiger partial charge in [-0.25, -0.2) is 17.6 Å².